The fourth-order valence-electron chi connectivity index (χ4n) is 1.43. The molecule has 0 aliphatic carbocycles. The van der Waals surface area contributed by atoms with Gasteiger partial charge in [0.15, 0.2) is 6.61 Å². The minimum absolute atomic E-state index is 0.0172. The van der Waals surface area contributed by atoms with Crippen molar-refractivity contribution in [3.63, 3.8) is 0 Å². The minimum atomic E-state index is -0.130. The van der Waals surface area contributed by atoms with Crippen LogP contribution in [0, 0.1) is 0 Å². The van der Waals surface area contributed by atoms with Crippen molar-refractivity contribution in [1.29, 1.82) is 0 Å². The molecule has 1 unspecified atom stereocenters. The molecule has 5 nitrogen and oxygen atoms in total. The largest absolute Gasteiger partial charge is 0.482 e. The van der Waals surface area contributed by atoms with Crippen molar-refractivity contribution >= 4 is 5.91 Å². The Morgan fingerprint density at radius 2 is 2.28 bits per heavy atom. The van der Waals surface area contributed by atoms with E-state index in [1.807, 2.05) is 19.1 Å². The number of hydrogen-bond donors (Lipinski definition) is 2. The number of pyridine rings is 1. The zero-order valence-corrected chi connectivity index (χ0v) is 11.0. The quantitative estimate of drug-likeness (QED) is 0.754. The van der Waals surface area contributed by atoms with Gasteiger partial charge in [0.2, 0.25) is 0 Å². The van der Waals surface area contributed by atoms with E-state index >= 15 is 0 Å². The van der Waals surface area contributed by atoms with Crippen molar-refractivity contribution in [2.75, 3.05) is 13.2 Å². The third kappa shape index (κ3) is 5.14. The first-order chi connectivity index (χ1) is 8.65. The number of hydrogen-bond acceptors (Lipinski definition) is 4. The van der Waals surface area contributed by atoms with Gasteiger partial charge in [-0.3, -0.25) is 9.78 Å². The maximum absolute atomic E-state index is 11.2. The molecule has 0 spiro atoms. The number of rotatable bonds is 7. The summed E-state index contributed by atoms with van der Waals surface area (Å²) in [5.41, 5.74) is 6.79. The van der Waals surface area contributed by atoms with Crippen molar-refractivity contribution in [3.8, 4) is 5.75 Å². The zero-order chi connectivity index (χ0) is 13.4. The second-order valence-corrected chi connectivity index (χ2v) is 4.10. The molecule has 1 aromatic rings. The summed E-state index contributed by atoms with van der Waals surface area (Å²) in [5, 5.41) is 2.66. The van der Waals surface area contributed by atoms with Crippen LogP contribution >= 0.6 is 0 Å². The molecule has 0 aliphatic heterocycles. The Labute approximate surface area is 108 Å². The summed E-state index contributed by atoms with van der Waals surface area (Å²) in [6, 6.07) is 3.83. The minimum Gasteiger partial charge on any atom is -0.482 e. The van der Waals surface area contributed by atoms with Crippen molar-refractivity contribution in [2.24, 2.45) is 5.73 Å². The lowest BCUT2D eigenvalue weighted by molar-refractivity contribution is -0.122. The van der Waals surface area contributed by atoms with Crippen molar-refractivity contribution in [2.45, 2.75) is 32.7 Å². The predicted octanol–water partition coefficient (Wildman–Crippen LogP) is 0.876. The molecule has 3 N–H and O–H groups in total. The molecule has 0 bridgehead atoms. The second-order valence-electron chi connectivity index (χ2n) is 4.10. The van der Waals surface area contributed by atoms with E-state index in [9.17, 15) is 4.79 Å². The molecular formula is C13H21N3O2. The molecule has 1 atom stereocenters. The number of nitrogens with zero attached hydrogens (tertiary/aromatic N) is 1. The molecule has 0 fully saturated rings. The Kier molecular flexibility index (Phi) is 6.14. The summed E-state index contributed by atoms with van der Waals surface area (Å²) in [6.45, 7) is 4.54. The van der Waals surface area contributed by atoms with Gasteiger partial charge in [-0.1, -0.05) is 6.92 Å². The summed E-state index contributed by atoms with van der Waals surface area (Å²) < 4.78 is 5.30. The van der Waals surface area contributed by atoms with Crippen LogP contribution < -0.4 is 15.8 Å². The van der Waals surface area contributed by atoms with Gasteiger partial charge in [-0.15, -0.1) is 0 Å². The normalized spacial score (nSPS) is 11.9. The molecule has 5 heteroatoms. The van der Waals surface area contributed by atoms with Crippen molar-refractivity contribution in [1.82, 2.24) is 10.3 Å². The Morgan fingerprint density at radius 1 is 1.50 bits per heavy atom. The Balaban J connectivity index is 2.42. The van der Waals surface area contributed by atoms with E-state index in [2.05, 4.69) is 17.2 Å². The Hall–Kier alpha value is -1.62. The number of carbonyl (C=O) groups is 1. The first kappa shape index (κ1) is 14.4. The van der Waals surface area contributed by atoms with Gasteiger partial charge in [-0.25, -0.2) is 0 Å². The Morgan fingerprint density at radius 3 is 2.83 bits per heavy atom. The second kappa shape index (κ2) is 7.66. The molecule has 0 saturated carbocycles. The van der Waals surface area contributed by atoms with Gasteiger partial charge in [-0.05, 0) is 25.5 Å². The van der Waals surface area contributed by atoms with Crippen LogP contribution in [-0.2, 0) is 11.2 Å². The average molecular weight is 251 g/mol. The number of likely N-dealkylation sites (N-methyl/N-ethyl adjacent to an activating group) is 1. The third-order valence-electron chi connectivity index (χ3n) is 2.54. The molecule has 1 rings (SSSR count). The molecule has 0 radical (unpaired) electrons. The molecule has 1 heterocycles. The number of aromatic nitrogens is 1. The first-order valence-corrected chi connectivity index (χ1v) is 6.25. The highest BCUT2D eigenvalue weighted by Crippen LogP contribution is 2.10. The third-order valence-corrected chi connectivity index (χ3v) is 2.54. The van der Waals surface area contributed by atoms with Crippen LogP contribution in [-0.4, -0.2) is 30.1 Å². The maximum Gasteiger partial charge on any atom is 0.257 e. The molecule has 0 aliphatic rings. The summed E-state index contributed by atoms with van der Waals surface area (Å²) in [4.78, 5) is 15.4. The number of nitrogens with two attached hydrogens (primary N) is 1. The van der Waals surface area contributed by atoms with Crippen LogP contribution in [0.5, 0.6) is 5.75 Å². The molecule has 1 aromatic heterocycles. The number of amides is 1. The van der Waals surface area contributed by atoms with Gasteiger partial charge < -0.3 is 15.8 Å². The van der Waals surface area contributed by atoms with E-state index in [0.29, 0.717) is 12.3 Å². The standard InChI is InChI=1S/C13H21N3O2/c1-3-10(14)7-11-5-6-12(8-16-11)18-9-13(17)15-4-2/h5-6,8,10H,3-4,7,9,14H2,1-2H3,(H,15,17). The van der Waals surface area contributed by atoms with Crippen molar-refractivity contribution < 1.29 is 9.53 Å². The van der Waals surface area contributed by atoms with Crippen LogP contribution in [0.2, 0.25) is 0 Å². The highest BCUT2D eigenvalue weighted by atomic mass is 16.5. The van der Waals surface area contributed by atoms with E-state index in [1.165, 1.54) is 0 Å². The smallest absolute Gasteiger partial charge is 0.257 e. The van der Waals surface area contributed by atoms with E-state index in [-0.39, 0.29) is 18.6 Å². The van der Waals surface area contributed by atoms with Gasteiger partial charge in [0.1, 0.15) is 5.75 Å². The summed E-state index contributed by atoms with van der Waals surface area (Å²) in [7, 11) is 0. The predicted molar refractivity (Wildman–Crippen MR) is 70.4 cm³/mol. The number of ether oxygens (including phenoxy) is 1. The van der Waals surface area contributed by atoms with Crippen LogP contribution in [0.15, 0.2) is 18.3 Å². The fraction of sp³-hybridized carbons (Fsp3) is 0.538. The lowest BCUT2D eigenvalue weighted by atomic mass is 10.1. The first-order valence-electron chi connectivity index (χ1n) is 6.25. The van der Waals surface area contributed by atoms with Gasteiger partial charge in [0.05, 0.1) is 6.20 Å². The molecule has 0 saturated heterocycles. The molecule has 18 heavy (non-hydrogen) atoms. The van der Waals surface area contributed by atoms with E-state index in [1.54, 1.807) is 6.20 Å². The van der Waals surface area contributed by atoms with E-state index in [0.717, 1.165) is 18.5 Å². The zero-order valence-electron chi connectivity index (χ0n) is 11.0. The highest BCUT2D eigenvalue weighted by molar-refractivity contribution is 5.77. The van der Waals surface area contributed by atoms with Crippen molar-refractivity contribution in [3.05, 3.63) is 24.0 Å². The summed E-state index contributed by atoms with van der Waals surface area (Å²) >= 11 is 0. The molecular weight excluding hydrogens is 230 g/mol. The monoisotopic (exact) mass is 251 g/mol. The molecule has 100 valence electrons. The van der Waals surface area contributed by atoms with E-state index in [4.69, 9.17) is 10.5 Å². The SMILES string of the molecule is CCNC(=O)COc1ccc(CC(N)CC)nc1. The lowest BCUT2D eigenvalue weighted by Crippen LogP contribution is -2.28. The lowest BCUT2D eigenvalue weighted by Gasteiger charge is -2.09. The average Bonchev–Trinajstić information content (AvgIpc) is 2.38. The fourth-order valence-corrected chi connectivity index (χ4v) is 1.43. The van der Waals surface area contributed by atoms with Gasteiger partial charge >= 0.3 is 0 Å². The number of nitrogens with one attached hydrogen (secondary N) is 1. The summed E-state index contributed by atoms with van der Waals surface area (Å²) in [5.74, 6) is 0.463. The van der Waals surface area contributed by atoms with E-state index < -0.39 is 0 Å². The van der Waals surface area contributed by atoms with Gasteiger partial charge in [-0.2, -0.15) is 0 Å². The topological polar surface area (TPSA) is 77.2 Å². The number of carbonyl (C=O) groups excluding carboxylic acids is 1. The van der Waals surface area contributed by atoms with Gasteiger partial charge in [0, 0.05) is 24.7 Å². The Bertz CT molecular complexity index is 365. The maximum atomic E-state index is 11.2. The van der Waals surface area contributed by atoms with Crippen LogP contribution in [0.25, 0.3) is 0 Å². The molecule has 0 aromatic carbocycles. The summed E-state index contributed by atoms with van der Waals surface area (Å²) in [6.07, 6.45) is 3.31. The van der Waals surface area contributed by atoms with Crippen LogP contribution in [0.4, 0.5) is 0 Å². The van der Waals surface area contributed by atoms with Crippen LogP contribution in [0.1, 0.15) is 26.0 Å². The van der Waals surface area contributed by atoms with Gasteiger partial charge in [0.25, 0.3) is 5.91 Å². The highest BCUT2D eigenvalue weighted by Gasteiger charge is 2.04. The van der Waals surface area contributed by atoms with Crippen LogP contribution in [0.3, 0.4) is 0 Å². The molecule has 1 amide bonds.